The first-order valence-corrected chi connectivity index (χ1v) is 6.05. The minimum Gasteiger partial charge on any atom is -0.258 e. The van der Waals surface area contributed by atoms with E-state index in [1.807, 2.05) is 0 Å². The lowest BCUT2D eigenvalue weighted by Gasteiger charge is -2.20. The van der Waals surface area contributed by atoms with Crippen LogP contribution in [0.4, 0.5) is 10.1 Å². The lowest BCUT2D eigenvalue weighted by atomic mass is 10.0. The van der Waals surface area contributed by atoms with Gasteiger partial charge in [-0.3, -0.25) is 10.1 Å². The number of hydrogen-bond acceptors (Lipinski definition) is 2. The molecule has 0 aliphatic rings. The predicted octanol–water partition coefficient (Wildman–Crippen LogP) is 4.41. The van der Waals surface area contributed by atoms with E-state index < -0.39 is 15.1 Å². The molecule has 0 bridgehead atoms. The number of benzene rings is 2. The highest BCUT2D eigenvalue weighted by molar-refractivity contribution is 6.50. The van der Waals surface area contributed by atoms with Crippen molar-refractivity contribution >= 4 is 28.9 Å². The van der Waals surface area contributed by atoms with Gasteiger partial charge in [0, 0.05) is 12.1 Å². The maximum Gasteiger partial charge on any atom is 0.269 e. The average Bonchev–Trinajstić information content (AvgIpc) is 2.39. The molecule has 0 aromatic heterocycles. The van der Waals surface area contributed by atoms with Gasteiger partial charge in [0.25, 0.3) is 5.69 Å². The minimum absolute atomic E-state index is 0.0491. The second-order valence-electron chi connectivity index (χ2n) is 3.89. The minimum atomic E-state index is -1.39. The molecule has 0 atom stereocenters. The molecule has 0 amide bonds. The molecule has 0 spiro atoms. The Hall–Kier alpha value is -1.65. The molecule has 0 saturated carbocycles. The Kier molecular flexibility index (Phi) is 3.73. The van der Waals surface area contributed by atoms with Crippen LogP contribution in [0, 0.1) is 15.9 Å². The molecule has 19 heavy (non-hydrogen) atoms. The Morgan fingerprint density at radius 1 is 0.947 bits per heavy atom. The zero-order valence-corrected chi connectivity index (χ0v) is 11.0. The molecule has 2 rings (SSSR count). The van der Waals surface area contributed by atoms with E-state index in [1.54, 1.807) is 0 Å². The Labute approximate surface area is 118 Å². The van der Waals surface area contributed by atoms with Crippen molar-refractivity contribution in [2.24, 2.45) is 0 Å². The molecule has 2 aromatic rings. The molecule has 0 N–H and O–H groups in total. The number of non-ortho nitro benzene ring substituents is 1. The summed E-state index contributed by atoms with van der Waals surface area (Å²) in [6.45, 7) is 0. The van der Waals surface area contributed by atoms with Gasteiger partial charge >= 0.3 is 0 Å². The highest BCUT2D eigenvalue weighted by Gasteiger charge is 2.29. The second kappa shape index (κ2) is 5.15. The first-order chi connectivity index (χ1) is 8.91. The van der Waals surface area contributed by atoms with Crippen molar-refractivity contribution in [1.29, 1.82) is 0 Å². The van der Waals surface area contributed by atoms with Gasteiger partial charge in [-0.15, -0.1) is 0 Å². The van der Waals surface area contributed by atoms with Crippen LogP contribution < -0.4 is 0 Å². The van der Waals surface area contributed by atoms with E-state index in [9.17, 15) is 14.5 Å². The van der Waals surface area contributed by atoms with Crippen LogP contribution in [0.5, 0.6) is 0 Å². The van der Waals surface area contributed by atoms with Crippen LogP contribution in [0.25, 0.3) is 0 Å². The van der Waals surface area contributed by atoms with Gasteiger partial charge in [-0.1, -0.05) is 35.3 Å². The van der Waals surface area contributed by atoms with E-state index in [0.29, 0.717) is 11.1 Å². The van der Waals surface area contributed by atoms with E-state index in [4.69, 9.17) is 23.2 Å². The number of rotatable bonds is 3. The standard InChI is InChI=1S/C13H8Cl2FNO2/c14-13(15,9-1-5-11(16)6-2-9)10-3-7-12(8-4-10)17(18)19/h1-8H. The smallest absolute Gasteiger partial charge is 0.258 e. The van der Waals surface area contributed by atoms with Gasteiger partial charge < -0.3 is 0 Å². The number of nitrogens with zero attached hydrogens (tertiary/aromatic N) is 1. The van der Waals surface area contributed by atoms with Gasteiger partial charge in [0.15, 0.2) is 4.33 Å². The molecule has 0 aliphatic carbocycles. The molecule has 0 radical (unpaired) electrons. The summed E-state index contributed by atoms with van der Waals surface area (Å²) in [6.07, 6.45) is 0. The van der Waals surface area contributed by atoms with E-state index in [2.05, 4.69) is 0 Å². The lowest BCUT2D eigenvalue weighted by molar-refractivity contribution is -0.384. The summed E-state index contributed by atoms with van der Waals surface area (Å²) in [5.74, 6) is -0.392. The first-order valence-electron chi connectivity index (χ1n) is 5.30. The normalized spacial score (nSPS) is 11.3. The van der Waals surface area contributed by atoms with Crippen molar-refractivity contribution in [3.63, 3.8) is 0 Å². The molecule has 0 unspecified atom stereocenters. The van der Waals surface area contributed by atoms with Gasteiger partial charge in [0.05, 0.1) is 4.92 Å². The summed E-state index contributed by atoms with van der Waals surface area (Å²) in [4.78, 5) is 10.1. The number of alkyl halides is 2. The summed E-state index contributed by atoms with van der Waals surface area (Å²) in [6, 6.07) is 11.0. The third kappa shape index (κ3) is 2.85. The summed E-state index contributed by atoms with van der Waals surface area (Å²) in [5.41, 5.74) is 0.922. The Bertz CT molecular complexity index is 597. The maximum atomic E-state index is 12.9. The van der Waals surface area contributed by atoms with Crippen molar-refractivity contribution in [2.45, 2.75) is 4.33 Å². The average molecular weight is 300 g/mol. The number of halogens is 3. The Morgan fingerprint density at radius 3 is 1.79 bits per heavy atom. The molecule has 2 aromatic carbocycles. The van der Waals surface area contributed by atoms with E-state index in [1.165, 1.54) is 48.5 Å². The zero-order chi connectivity index (χ0) is 14.0. The molecular weight excluding hydrogens is 292 g/mol. The number of nitro groups is 1. The molecule has 0 fully saturated rings. The largest absolute Gasteiger partial charge is 0.269 e. The summed E-state index contributed by atoms with van der Waals surface area (Å²) in [7, 11) is 0. The van der Waals surface area contributed by atoms with Gasteiger partial charge in [0.1, 0.15) is 5.82 Å². The topological polar surface area (TPSA) is 43.1 Å². The Balaban J connectivity index is 2.38. The van der Waals surface area contributed by atoms with Crippen LogP contribution in [-0.4, -0.2) is 4.92 Å². The van der Waals surface area contributed by atoms with Crippen molar-refractivity contribution < 1.29 is 9.31 Å². The summed E-state index contributed by atoms with van der Waals surface area (Å²) < 4.78 is 11.5. The number of hydrogen-bond donors (Lipinski definition) is 0. The first kappa shape index (κ1) is 13.8. The predicted molar refractivity (Wildman–Crippen MR) is 72.0 cm³/mol. The molecule has 0 aliphatic heterocycles. The van der Waals surface area contributed by atoms with Crippen LogP contribution in [0.1, 0.15) is 11.1 Å². The highest BCUT2D eigenvalue weighted by Crippen LogP contribution is 2.41. The fourth-order valence-electron chi connectivity index (χ4n) is 1.62. The van der Waals surface area contributed by atoms with Gasteiger partial charge in [-0.2, -0.15) is 0 Å². The Morgan fingerprint density at radius 2 is 1.37 bits per heavy atom. The van der Waals surface area contributed by atoms with Crippen LogP contribution in [0.15, 0.2) is 48.5 Å². The van der Waals surface area contributed by atoms with E-state index in [-0.39, 0.29) is 5.69 Å². The van der Waals surface area contributed by atoms with E-state index in [0.717, 1.165) is 0 Å². The monoisotopic (exact) mass is 299 g/mol. The van der Waals surface area contributed by atoms with Crippen LogP contribution in [0.3, 0.4) is 0 Å². The molecule has 0 heterocycles. The van der Waals surface area contributed by atoms with Crippen LogP contribution in [0.2, 0.25) is 0 Å². The fraction of sp³-hybridized carbons (Fsp3) is 0.0769. The zero-order valence-electron chi connectivity index (χ0n) is 9.52. The molecular formula is C13H8Cl2FNO2. The third-order valence-corrected chi connectivity index (χ3v) is 3.52. The number of nitro benzene ring substituents is 1. The molecule has 6 heteroatoms. The van der Waals surface area contributed by atoms with Crippen LogP contribution >= 0.6 is 23.2 Å². The molecule has 3 nitrogen and oxygen atoms in total. The third-order valence-electron chi connectivity index (χ3n) is 2.65. The molecule has 98 valence electrons. The van der Waals surface area contributed by atoms with Crippen molar-refractivity contribution in [1.82, 2.24) is 0 Å². The van der Waals surface area contributed by atoms with E-state index >= 15 is 0 Å². The molecule has 0 saturated heterocycles. The summed E-state index contributed by atoms with van der Waals surface area (Å²) >= 11 is 12.5. The van der Waals surface area contributed by atoms with Crippen molar-refractivity contribution in [3.8, 4) is 0 Å². The van der Waals surface area contributed by atoms with Gasteiger partial charge in [0.2, 0.25) is 0 Å². The van der Waals surface area contributed by atoms with Crippen LogP contribution in [-0.2, 0) is 4.33 Å². The quantitative estimate of drug-likeness (QED) is 0.478. The van der Waals surface area contributed by atoms with Gasteiger partial charge in [-0.05, 0) is 35.4 Å². The van der Waals surface area contributed by atoms with Crippen molar-refractivity contribution in [2.75, 3.05) is 0 Å². The second-order valence-corrected chi connectivity index (χ2v) is 5.21. The van der Waals surface area contributed by atoms with Crippen molar-refractivity contribution in [3.05, 3.63) is 75.6 Å². The fourth-order valence-corrected chi connectivity index (χ4v) is 2.12. The highest BCUT2D eigenvalue weighted by atomic mass is 35.5. The SMILES string of the molecule is O=[N+]([O-])c1ccc(C(Cl)(Cl)c2ccc(F)cc2)cc1. The maximum absolute atomic E-state index is 12.9. The summed E-state index contributed by atoms with van der Waals surface area (Å²) in [5, 5.41) is 10.6. The lowest BCUT2D eigenvalue weighted by Crippen LogP contribution is -2.12. The van der Waals surface area contributed by atoms with Gasteiger partial charge in [-0.25, -0.2) is 4.39 Å².